The summed E-state index contributed by atoms with van der Waals surface area (Å²) in [6.07, 6.45) is 15.2. The predicted octanol–water partition coefficient (Wildman–Crippen LogP) is 4.43. The highest BCUT2D eigenvalue weighted by molar-refractivity contribution is 7.58. The van der Waals surface area contributed by atoms with Gasteiger partial charge in [-0.1, -0.05) is 71.1 Å². The summed E-state index contributed by atoms with van der Waals surface area (Å²) in [6, 6.07) is 0. The second-order valence-corrected chi connectivity index (χ2v) is 7.14. The van der Waals surface area contributed by atoms with Crippen molar-refractivity contribution in [2.45, 2.75) is 84.0 Å². The number of unbranched alkanes of at least 4 members (excludes halogenated alkanes) is 11. The van der Waals surface area contributed by atoms with E-state index in [1.165, 1.54) is 57.8 Å². The van der Waals surface area contributed by atoms with Gasteiger partial charge >= 0.3 is 7.94 Å². The van der Waals surface area contributed by atoms with Crippen LogP contribution in [-0.4, -0.2) is 20.8 Å². The minimum atomic E-state index is -3.50. The van der Waals surface area contributed by atoms with Gasteiger partial charge in [0.25, 0.3) is 0 Å². The third-order valence-electron chi connectivity index (χ3n) is 3.31. The van der Waals surface area contributed by atoms with Crippen LogP contribution in [0.4, 0.5) is 0 Å². The maximum absolute atomic E-state index is 8.80. The second-order valence-electron chi connectivity index (χ2n) is 5.31. The van der Waals surface area contributed by atoms with E-state index in [2.05, 4.69) is 6.92 Å². The fourth-order valence-corrected chi connectivity index (χ4v) is 2.81. The Kier molecular flexibility index (Phi) is 12.6. The van der Waals surface area contributed by atoms with Gasteiger partial charge in [0.2, 0.25) is 0 Å². The van der Waals surface area contributed by atoms with Gasteiger partial charge in [-0.05, 0) is 12.8 Å². The first kappa shape index (κ1) is 18.3. The van der Waals surface area contributed by atoms with Crippen molar-refractivity contribution >= 4 is 7.94 Å². The Labute approximate surface area is 113 Å². The number of hydrogen-bond acceptors (Lipinski definition) is 3. The van der Waals surface area contributed by atoms with Gasteiger partial charge in [0.15, 0.2) is 0 Å². The maximum atomic E-state index is 8.80. The van der Waals surface area contributed by atoms with E-state index in [-0.39, 0.29) is 6.16 Å². The van der Waals surface area contributed by atoms with E-state index >= 15 is 0 Å². The van der Waals surface area contributed by atoms with Gasteiger partial charge < -0.3 is 0 Å². The topological polar surface area (TPSA) is 60.7 Å². The molecule has 18 heavy (non-hydrogen) atoms. The molecule has 0 amide bonds. The highest BCUT2D eigenvalue weighted by atomic mass is 31.2. The van der Waals surface area contributed by atoms with Crippen LogP contribution in [0.3, 0.4) is 0 Å². The first-order valence-electron chi connectivity index (χ1n) is 7.62. The molecule has 0 aromatic heterocycles. The average Bonchev–Trinajstić information content (AvgIpc) is 2.29. The summed E-state index contributed by atoms with van der Waals surface area (Å²) in [5.74, 6) is 0. The zero-order valence-electron chi connectivity index (χ0n) is 12.0. The van der Waals surface area contributed by atoms with Crippen molar-refractivity contribution in [2.24, 2.45) is 0 Å². The normalized spacial score (nSPS) is 12.0. The van der Waals surface area contributed by atoms with Gasteiger partial charge in [-0.15, -0.1) is 0 Å². The summed E-state index contributed by atoms with van der Waals surface area (Å²) in [7, 11) is -3.50. The lowest BCUT2D eigenvalue weighted by molar-refractivity contribution is 0.328. The lowest BCUT2D eigenvalue weighted by Gasteiger charge is -2.04. The van der Waals surface area contributed by atoms with Crippen molar-refractivity contribution in [1.29, 1.82) is 0 Å². The molecule has 0 heterocycles. The van der Waals surface area contributed by atoms with Crippen molar-refractivity contribution in [3.63, 3.8) is 0 Å². The molecule has 0 aliphatic heterocycles. The number of rotatable bonds is 13. The van der Waals surface area contributed by atoms with Crippen molar-refractivity contribution in [3.8, 4) is 0 Å². The quantitative estimate of drug-likeness (QED) is 0.345. The fourth-order valence-electron chi connectivity index (χ4n) is 2.16. The van der Waals surface area contributed by atoms with Gasteiger partial charge in [0, 0.05) is 0 Å². The van der Waals surface area contributed by atoms with Gasteiger partial charge in [0.1, 0.15) is 6.16 Å². The molecule has 3 N–H and O–H groups in total. The van der Waals surface area contributed by atoms with Crippen molar-refractivity contribution in [1.82, 2.24) is 0 Å². The lowest BCUT2D eigenvalue weighted by atomic mass is 10.1. The van der Waals surface area contributed by atoms with E-state index in [0.29, 0.717) is 0 Å². The van der Waals surface area contributed by atoms with Crippen LogP contribution < -0.4 is 0 Å². The zero-order chi connectivity index (χ0) is 13.7. The predicted molar refractivity (Wildman–Crippen MR) is 79.5 cm³/mol. The van der Waals surface area contributed by atoms with Crippen molar-refractivity contribution < 1.29 is 14.7 Å². The Morgan fingerprint density at radius 1 is 0.556 bits per heavy atom. The molecule has 4 heteroatoms. The van der Waals surface area contributed by atoms with Crippen molar-refractivity contribution in [3.05, 3.63) is 0 Å². The molecule has 0 unspecified atom stereocenters. The van der Waals surface area contributed by atoms with Crippen molar-refractivity contribution in [2.75, 3.05) is 6.16 Å². The molecule has 0 fully saturated rings. The molecule has 0 aromatic carbocycles. The Hall–Kier alpha value is 0.310. The Bertz CT molecular complexity index is 169. The third-order valence-corrected chi connectivity index (χ3v) is 4.23. The Morgan fingerprint density at radius 2 is 0.889 bits per heavy atom. The molecule has 0 aliphatic rings. The molecule has 0 atom stereocenters. The summed E-state index contributed by atoms with van der Waals surface area (Å²) in [4.78, 5) is 26.4. The first-order valence-corrected chi connectivity index (χ1v) is 9.46. The average molecular weight is 279 g/mol. The highest BCUT2D eigenvalue weighted by Crippen LogP contribution is 2.45. The van der Waals surface area contributed by atoms with Crippen LogP contribution >= 0.6 is 7.94 Å². The lowest BCUT2D eigenvalue weighted by Crippen LogP contribution is -1.95. The van der Waals surface area contributed by atoms with Gasteiger partial charge in [0.05, 0.1) is 0 Å². The highest BCUT2D eigenvalue weighted by Gasteiger charge is 2.27. The van der Waals surface area contributed by atoms with E-state index in [0.717, 1.165) is 19.3 Å². The van der Waals surface area contributed by atoms with Crippen LogP contribution in [0.25, 0.3) is 0 Å². The molecule has 0 aliphatic carbocycles. The maximum Gasteiger partial charge on any atom is 0.403 e. The molecule has 0 radical (unpaired) electrons. The van der Waals surface area contributed by atoms with Crippen LogP contribution in [0.5, 0.6) is 0 Å². The van der Waals surface area contributed by atoms with E-state index in [4.69, 9.17) is 14.7 Å². The molecular weight excluding hydrogens is 247 g/mol. The second kappa shape index (κ2) is 12.3. The first-order chi connectivity index (χ1) is 8.56. The van der Waals surface area contributed by atoms with E-state index in [9.17, 15) is 0 Å². The zero-order valence-corrected chi connectivity index (χ0v) is 12.9. The molecule has 0 saturated carbocycles. The van der Waals surface area contributed by atoms with Crippen LogP contribution in [0, 0.1) is 0 Å². The van der Waals surface area contributed by atoms with Crippen LogP contribution in [0.1, 0.15) is 84.0 Å². The van der Waals surface area contributed by atoms with Gasteiger partial charge in [-0.25, -0.2) is 0 Å². The van der Waals surface area contributed by atoms with Gasteiger partial charge in [-0.3, -0.25) is 0 Å². The molecule has 110 valence electrons. The number of hydrogen-bond donors (Lipinski definition) is 3. The molecule has 0 saturated heterocycles. The summed E-state index contributed by atoms with van der Waals surface area (Å²) < 4.78 is 0. The monoisotopic (exact) mass is 279 g/mol. The third kappa shape index (κ3) is 16.3. The standard InChI is InChI=1S/C14H32O3P/c1-2-3-4-5-6-7-8-9-10-11-12-13-14-18(15,16)17/h15-17H,2-14H2,1H3/q+1. The Balaban J connectivity index is 2.99. The van der Waals surface area contributed by atoms with Crippen LogP contribution in [0.15, 0.2) is 0 Å². The largest absolute Gasteiger partial charge is 0.403 e. The summed E-state index contributed by atoms with van der Waals surface area (Å²) in [5.41, 5.74) is 0. The van der Waals surface area contributed by atoms with Crippen LogP contribution in [-0.2, 0) is 0 Å². The molecule has 0 aromatic rings. The molecule has 0 bridgehead atoms. The minimum absolute atomic E-state index is 0.171. The van der Waals surface area contributed by atoms with E-state index in [1.54, 1.807) is 0 Å². The molecule has 0 rings (SSSR count). The van der Waals surface area contributed by atoms with Gasteiger partial charge in [-0.2, -0.15) is 14.7 Å². The Morgan fingerprint density at radius 3 is 1.22 bits per heavy atom. The molecule has 0 spiro atoms. The minimum Gasteiger partial charge on any atom is -0.193 e. The molecular formula is C14H32O3P+. The van der Waals surface area contributed by atoms with E-state index in [1.807, 2.05) is 0 Å². The summed E-state index contributed by atoms with van der Waals surface area (Å²) in [5, 5.41) is 0. The van der Waals surface area contributed by atoms with E-state index < -0.39 is 7.94 Å². The molecule has 3 nitrogen and oxygen atoms in total. The SMILES string of the molecule is CCCCCCCCCCCCCC[P+](O)(O)O. The van der Waals surface area contributed by atoms with Crippen LogP contribution in [0.2, 0.25) is 0 Å². The summed E-state index contributed by atoms with van der Waals surface area (Å²) >= 11 is 0. The fraction of sp³-hybridized carbons (Fsp3) is 1.00. The summed E-state index contributed by atoms with van der Waals surface area (Å²) in [6.45, 7) is 2.25. The smallest absolute Gasteiger partial charge is 0.193 e.